The fraction of sp³-hybridized carbons (Fsp3) is 0.211. The Labute approximate surface area is 144 Å². The van der Waals surface area contributed by atoms with Crippen molar-refractivity contribution in [1.82, 2.24) is 10.1 Å². The van der Waals surface area contributed by atoms with E-state index in [0.717, 1.165) is 11.3 Å². The lowest BCUT2D eigenvalue weighted by Crippen LogP contribution is -2.25. The summed E-state index contributed by atoms with van der Waals surface area (Å²) in [6, 6.07) is 13.7. The number of carbonyl (C=O) groups is 1. The second-order valence-electron chi connectivity index (χ2n) is 6.15. The van der Waals surface area contributed by atoms with Gasteiger partial charge in [-0.3, -0.25) is 4.79 Å². The molecule has 1 atom stereocenters. The molecule has 25 heavy (non-hydrogen) atoms. The normalized spacial score (nSPS) is 17.3. The summed E-state index contributed by atoms with van der Waals surface area (Å²) in [7, 11) is 0. The molecular weight excluding hydrogens is 321 g/mol. The number of nitrogens with zero attached hydrogens (tertiary/aromatic N) is 3. The van der Waals surface area contributed by atoms with Crippen LogP contribution in [0.25, 0.3) is 11.4 Å². The minimum Gasteiger partial charge on any atom is -0.339 e. The van der Waals surface area contributed by atoms with Gasteiger partial charge in [0.05, 0.1) is 5.92 Å². The Kier molecular flexibility index (Phi) is 3.80. The molecule has 3 aromatic rings. The van der Waals surface area contributed by atoms with Crippen LogP contribution >= 0.6 is 0 Å². The van der Waals surface area contributed by atoms with Gasteiger partial charge in [0.1, 0.15) is 5.82 Å². The zero-order valence-corrected chi connectivity index (χ0v) is 13.6. The number of anilines is 1. The quantitative estimate of drug-likeness (QED) is 0.731. The molecule has 5 nitrogen and oxygen atoms in total. The molecule has 1 aliphatic rings. The molecule has 1 amide bonds. The summed E-state index contributed by atoms with van der Waals surface area (Å²) in [4.78, 5) is 18.6. The summed E-state index contributed by atoms with van der Waals surface area (Å²) >= 11 is 0. The Morgan fingerprint density at radius 3 is 2.68 bits per heavy atom. The zero-order valence-electron chi connectivity index (χ0n) is 13.6. The number of hydrogen-bond donors (Lipinski definition) is 0. The van der Waals surface area contributed by atoms with Crippen LogP contribution in [0.2, 0.25) is 0 Å². The minimum absolute atomic E-state index is 0.0424. The van der Waals surface area contributed by atoms with Crippen molar-refractivity contribution >= 4 is 11.6 Å². The molecule has 0 N–H and O–H groups in total. The van der Waals surface area contributed by atoms with E-state index in [1.165, 1.54) is 12.1 Å². The number of halogens is 1. The van der Waals surface area contributed by atoms with Crippen LogP contribution in [0.5, 0.6) is 0 Å². The van der Waals surface area contributed by atoms with Crippen LogP contribution in [0.15, 0.2) is 53.1 Å². The second kappa shape index (κ2) is 6.12. The van der Waals surface area contributed by atoms with Crippen molar-refractivity contribution in [2.24, 2.45) is 0 Å². The first kappa shape index (κ1) is 15.5. The van der Waals surface area contributed by atoms with E-state index in [0.29, 0.717) is 30.2 Å². The highest BCUT2D eigenvalue weighted by atomic mass is 19.1. The molecule has 2 heterocycles. The van der Waals surface area contributed by atoms with E-state index in [4.69, 9.17) is 4.52 Å². The molecule has 0 bridgehead atoms. The van der Waals surface area contributed by atoms with Crippen molar-refractivity contribution in [2.75, 3.05) is 11.4 Å². The van der Waals surface area contributed by atoms with Crippen LogP contribution in [0.3, 0.4) is 0 Å². The van der Waals surface area contributed by atoms with Crippen LogP contribution < -0.4 is 4.90 Å². The number of aromatic nitrogens is 2. The van der Waals surface area contributed by atoms with Gasteiger partial charge in [0.2, 0.25) is 17.6 Å². The number of para-hydroxylation sites is 1. The fourth-order valence-corrected chi connectivity index (χ4v) is 3.09. The summed E-state index contributed by atoms with van der Waals surface area (Å²) in [5.41, 5.74) is 2.64. The van der Waals surface area contributed by atoms with Gasteiger partial charge in [-0.05, 0) is 42.8 Å². The van der Waals surface area contributed by atoms with Crippen molar-refractivity contribution in [3.05, 3.63) is 65.8 Å². The fourth-order valence-electron chi connectivity index (χ4n) is 3.09. The Hall–Kier alpha value is -3.02. The van der Waals surface area contributed by atoms with Crippen LogP contribution in [0.1, 0.15) is 23.8 Å². The van der Waals surface area contributed by atoms with Gasteiger partial charge in [0.25, 0.3) is 0 Å². The lowest BCUT2D eigenvalue weighted by molar-refractivity contribution is -0.117. The third-order valence-corrected chi connectivity index (χ3v) is 4.42. The molecule has 0 spiro atoms. The van der Waals surface area contributed by atoms with Gasteiger partial charge in [0.15, 0.2) is 0 Å². The lowest BCUT2D eigenvalue weighted by Gasteiger charge is -2.18. The zero-order chi connectivity index (χ0) is 17.4. The second-order valence-corrected chi connectivity index (χ2v) is 6.15. The molecule has 0 saturated carbocycles. The summed E-state index contributed by atoms with van der Waals surface area (Å²) in [5, 5.41) is 3.96. The first-order valence-corrected chi connectivity index (χ1v) is 8.07. The summed E-state index contributed by atoms with van der Waals surface area (Å²) < 4.78 is 18.4. The smallest absolute Gasteiger partial charge is 0.232 e. The van der Waals surface area contributed by atoms with Gasteiger partial charge in [-0.25, -0.2) is 4.39 Å². The topological polar surface area (TPSA) is 59.2 Å². The van der Waals surface area contributed by atoms with E-state index in [1.807, 2.05) is 31.2 Å². The maximum absolute atomic E-state index is 13.0. The molecule has 2 aromatic carbocycles. The van der Waals surface area contributed by atoms with E-state index in [2.05, 4.69) is 10.1 Å². The van der Waals surface area contributed by atoms with Crippen molar-refractivity contribution < 1.29 is 13.7 Å². The van der Waals surface area contributed by atoms with Crippen molar-refractivity contribution in [3.63, 3.8) is 0 Å². The van der Waals surface area contributed by atoms with Gasteiger partial charge in [-0.1, -0.05) is 23.4 Å². The third-order valence-electron chi connectivity index (χ3n) is 4.42. The number of hydrogen-bond acceptors (Lipinski definition) is 4. The van der Waals surface area contributed by atoms with Crippen molar-refractivity contribution in [3.8, 4) is 11.4 Å². The number of rotatable bonds is 3. The standard InChI is InChI=1S/C19H16FN3O2/c1-12-4-2-3-5-16(12)23-11-14(10-17(23)24)19-21-18(22-25-19)13-6-8-15(20)9-7-13/h2-9,14H,10-11H2,1H3. The Morgan fingerprint density at radius 1 is 1.16 bits per heavy atom. The van der Waals surface area contributed by atoms with Crippen LogP contribution in [-0.2, 0) is 4.79 Å². The molecule has 1 saturated heterocycles. The number of aryl methyl sites for hydroxylation is 1. The molecule has 1 aliphatic heterocycles. The molecule has 4 rings (SSSR count). The first-order valence-electron chi connectivity index (χ1n) is 8.07. The van der Waals surface area contributed by atoms with Crippen LogP contribution in [-0.4, -0.2) is 22.6 Å². The highest BCUT2D eigenvalue weighted by Crippen LogP contribution is 2.33. The van der Waals surface area contributed by atoms with Crippen LogP contribution in [0.4, 0.5) is 10.1 Å². The SMILES string of the molecule is Cc1ccccc1N1CC(c2nc(-c3ccc(F)cc3)no2)CC1=O. The molecule has 1 unspecified atom stereocenters. The number of benzene rings is 2. The predicted molar refractivity (Wildman–Crippen MR) is 90.6 cm³/mol. The van der Waals surface area contributed by atoms with Gasteiger partial charge < -0.3 is 9.42 Å². The number of carbonyl (C=O) groups excluding carboxylic acids is 1. The summed E-state index contributed by atoms with van der Waals surface area (Å²) in [6.07, 6.45) is 0.333. The third kappa shape index (κ3) is 2.91. The first-order chi connectivity index (χ1) is 12.1. The van der Waals surface area contributed by atoms with E-state index in [1.54, 1.807) is 17.0 Å². The number of amides is 1. The van der Waals surface area contributed by atoms with E-state index in [9.17, 15) is 9.18 Å². The Morgan fingerprint density at radius 2 is 1.92 bits per heavy atom. The molecule has 1 fully saturated rings. The highest BCUT2D eigenvalue weighted by molar-refractivity contribution is 5.97. The molecule has 126 valence electrons. The Balaban J connectivity index is 1.57. The lowest BCUT2D eigenvalue weighted by atomic mass is 10.1. The van der Waals surface area contributed by atoms with Gasteiger partial charge >= 0.3 is 0 Å². The molecule has 0 radical (unpaired) electrons. The maximum atomic E-state index is 13.0. The molecular formula is C19H16FN3O2. The van der Waals surface area contributed by atoms with Crippen LogP contribution in [0, 0.1) is 12.7 Å². The highest BCUT2D eigenvalue weighted by Gasteiger charge is 2.35. The van der Waals surface area contributed by atoms with Gasteiger partial charge in [-0.15, -0.1) is 0 Å². The minimum atomic E-state index is -0.317. The molecule has 1 aromatic heterocycles. The van der Waals surface area contributed by atoms with E-state index in [-0.39, 0.29) is 17.6 Å². The van der Waals surface area contributed by atoms with E-state index < -0.39 is 0 Å². The molecule has 0 aliphatic carbocycles. The average Bonchev–Trinajstić information content (AvgIpc) is 3.23. The average molecular weight is 337 g/mol. The monoisotopic (exact) mass is 337 g/mol. The van der Waals surface area contributed by atoms with Gasteiger partial charge in [-0.2, -0.15) is 4.98 Å². The van der Waals surface area contributed by atoms with Crippen molar-refractivity contribution in [2.45, 2.75) is 19.3 Å². The molecule has 6 heteroatoms. The largest absolute Gasteiger partial charge is 0.339 e. The predicted octanol–water partition coefficient (Wildman–Crippen LogP) is 3.70. The summed E-state index contributed by atoms with van der Waals surface area (Å²) in [5.74, 6) is 0.415. The maximum Gasteiger partial charge on any atom is 0.232 e. The summed E-state index contributed by atoms with van der Waals surface area (Å²) in [6.45, 7) is 2.49. The van der Waals surface area contributed by atoms with Gasteiger partial charge in [0, 0.05) is 24.2 Å². The van der Waals surface area contributed by atoms with E-state index >= 15 is 0 Å². The van der Waals surface area contributed by atoms with Crippen molar-refractivity contribution in [1.29, 1.82) is 0 Å². The Bertz CT molecular complexity index is 920.